The zero-order chi connectivity index (χ0) is 10.2. The topological polar surface area (TPSA) is 3.24 Å². The molecule has 0 aromatic carbocycles. The van der Waals surface area contributed by atoms with E-state index < -0.39 is 0 Å². The Morgan fingerprint density at radius 1 is 1.43 bits per heavy atom. The maximum absolute atomic E-state index is 4.44. The molecule has 1 nitrogen and oxygen atoms in total. The largest absolute Gasteiger partial charge is 0.300 e. The van der Waals surface area contributed by atoms with Crippen LogP contribution in [0, 0.1) is 11.3 Å². The van der Waals surface area contributed by atoms with Crippen LogP contribution in [-0.2, 0) is 0 Å². The molecule has 2 rings (SSSR count). The van der Waals surface area contributed by atoms with Gasteiger partial charge in [-0.25, -0.2) is 0 Å². The molecule has 2 aliphatic rings. The summed E-state index contributed by atoms with van der Waals surface area (Å²) in [7, 11) is 0. The molecule has 14 heavy (non-hydrogen) atoms. The van der Waals surface area contributed by atoms with E-state index in [0.29, 0.717) is 5.41 Å². The van der Waals surface area contributed by atoms with Crippen LogP contribution in [0.1, 0.15) is 39.5 Å². The van der Waals surface area contributed by atoms with Crippen LogP contribution < -0.4 is 0 Å². The minimum atomic E-state index is 0.692. The average molecular weight is 213 g/mol. The molecule has 0 bridgehead atoms. The lowest BCUT2D eigenvalue weighted by Gasteiger charge is -2.26. The van der Waals surface area contributed by atoms with E-state index in [9.17, 15) is 0 Å². The van der Waals surface area contributed by atoms with E-state index in [1.54, 1.807) is 0 Å². The Labute approximate surface area is 93.7 Å². The summed E-state index contributed by atoms with van der Waals surface area (Å²) >= 11 is 4.44. The molecule has 2 heteroatoms. The van der Waals surface area contributed by atoms with Gasteiger partial charge in [0.1, 0.15) is 0 Å². The highest BCUT2D eigenvalue weighted by Crippen LogP contribution is 2.48. The molecule has 2 unspecified atom stereocenters. The second-order valence-corrected chi connectivity index (χ2v) is 5.97. The summed E-state index contributed by atoms with van der Waals surface area (Å²) in [5.41, 5.74) is 0.692. The third kappa shape index (κ3) is 1.96. The highest BCUT2D eigenvalue weighted by Gasteiger charge is 2.43. The fourth-order valence-electron chi connectivity index (χ4n) is 3.26. The van der Waals surface area contributed by atoms with E-state index in [1.807, 2.05) is 0 Å². The van der Waals surface area contributed by atoms with E-state index in [0.717, 1.165) is 17.7 Å². The molecule has 0 aromatic rings. The predicted octanol–water partition coefficient (Wildman–Crippen LogP) is 2.82. The van der Waals surface area contributed by atoms with Crippen LogP contribution in [0.5, 0.6) is 0 Å². The number of rotatable bonds is 2. The van der Waals surface area contributed by atoms with Crippen LogP contribution in [-0.4, -0.2) is 29.8 Å². The number of nitrogens with zero attached hydrogens (tertiary/aromatic N) is 1. The first-order chi connectivity index (χ1) is 6.65. The highest BCUT2D eigenvalue weighted by molar-refractivity contribution is 7.80. The second kappa shape index (κ2) is 4.05. The Morgan fingerprint density at radius 2 is 2.21 bits per heavy atom. The van der Waals surface area contributed by atoms with Crippen LogP contribution in [0.3, 0.4) is 0 Å². The number of likely N-dealkylation sites (tertiary alicyclic amines) is 1. The van der Waals surface area contributed by atoms with Crippen LogP contribution in [0.25, 0.3) is 0 Å². The lowest BCUT2D eigenvalue weighted by molar-refractivity contribution is 0.222. The molecule has 82 valence electrons. The van der Waals surface area contributed by atoms with Crippen molar-refractivity contribution < 1.29 is 0 Å². The third-order valence-corrected chi connectivity index (χ3v) is 4.78. The highest BCUT2D eigenvalue weighted by atomic mass is 32.1. The summed E-state index contributed by atoms with van der Waals surface area (Å²) < 4.78 is 0. The van der Waals surface area contributed by atoms with Gasteiger partial charge in [-0.15, -0.1) is 0 Å². The average Bonchev–Trinajstić information content (AvgIpc) is 2.74. The van der Waals surface area contributed by atoms with Crippen molar-refractivity contribution in [2.24, 2.45) is 11.3 Å². The zero-order valence-corrected chi connectivity index (χ0v) is 10.4. The monoisotopic (exact) mass is 213 g/mol. The van der Waals surface area contributed by atoms with Crippen molar-refractivity contribution in [2.45, 2.75) is 45.6 Å². The van der Waals surface area contributed by atoms with Crippen LogP contribution in [0.15, 0.2) is 0 Å². The summed E-state index contributed by atoms with van der Waals surface area (Å²) in [6.45, 7) is 7.33. The Bertz CT molecular complexity index is 204. The Hall–Kier alpha value is 0.310. The summed E-state index contributed by atoms with van der Waals surface area (Å²) in [6, 6.07) is 0.740. The molecule has 1 aliphatic carbocycles. The van der Waals surface area contributed by atoms with Crippen molar-refractivity contribution in [1.29, 1.82) is 0 Å². The molecule has 1 aliphatic heterocycles. The van der Waals surface area contributed by atoms with Gasteiger partial charge in [-0.3, -0.25) is 0 Å². The van der Waals surface area contributed by atoms with Gasteiger partial charge in [0.15, 0.2) is 0 Å². The Balaban J connectivity index is 1.94. The summed E-state index contributed by atoms with van der Waals surface area (Å²) in [5.74, 6) is 2.01. The maximum Gasteiger partial charge on any atom is 0.00413 e. The van der Waals surface area contributed by atoms with Gasteiger partial charge in [0, 0.05) is 12.6 Å². The molecule has 2 atom stereocenters. The smallest absolute Gasteiger partial charge is 0.00413 e. The van der Waals surface area contributed by atoms with Crippen molar-refractivity contribution in [2.75, 3.05) is 18.8 Å². The van der Waals surface area contributed by atoms with Crippen LogP contribution >= 0.6 is 12.6 Å². The predicted molar refractivity (Wildman–Crippen MR) is 65.0 cm³/mol. The summed E-state index contributed by atoms with van der Waals surface area (Å²) in [5, 5.41) is 0. The van der Waals surface area contributed by atoms with Crippen molar-refractivity contribution in [1.82, 2.24) is 4.90 Å². The fraction of sp³-hybridized carbons (Fsp3) is 1.00. The molecule has 0 N–H and O–H groups in total. The Kier molecular flexibility index (Phi) is 3.13. The lowest BCUT2D eigenvalue weighted by Crippen LogP contribution is -2.31. The van der Waals surface area contributed by atoms with Gasteiger partial charge in [-0.1, -0.05) is 0 Å². The quantitative estimate of drug-likeness (QED) is 0.690. The van der Waals surface area contributed by atoms with Gasteiger partial charge in [-0.2, -0.15) is 12.6 Å². The zero-order valence-electron chi connectivity index (χ0n) is 9.50. The molecule has 0 aromatic heterocycles. The number of thiol groups is 1. The molecule has 2 fully saturated rings. The SMILES string of the molecule is CC(C)N1CCC2(CCC(CS)C2)C1. The van der Waals surface area contributed by atoms with Gasteiger partial charge in [-0.05, 0) is 63.2 Å². The first-order valence-corrected chi connectivity index (χ1v) is 6.63. The minimum absolute atomic E-state index is 0.692. The molecular formula is C12H23NS. The molecule has 0 radical (unpaired) electrons. The van der Waals surface area contributed by atoms with E-state index in [1.165, 1.54) is 38.8 Å². The summed E-state index contributed by atoms with van der Waals surface area (Å²) in [4.78, 5) is 2.65. The number of hydrogen-bond donors (Lipinski definition) is 1. The van der Waals surface area contributed by atoms with Crippen LogP contribution in [0.2, 0.25) is 0 Å². The molecule has 1 saturated heterocycles. The van der Waals surface area contributed by atoms with Gasteiger partial charge in [0.25, 0.3) is 0 Å². The van der Waals surface area contributed by atoms with Crippen LogP contribution in [0.4, 0.5) is 0 Å². The van der Waals surface area contributed by atoms with Gasteiger partial charge >= 0.3 is 0 Å². The van der Waals surface area contributed by atoms with E-state index in [-0.39, 0.29) is 0 Å². The van der Waals surface area contributed by atoms with E-state index in [4.69, 9.17) is 0 Å². The molecular weight excluding hydrogens is 190 g/mol. The molecule has 1 spiro atoms. The lowest BCUT2D eigenvalue weighted by atomic mass is 9.85. The van der Waals surface area contributed by atoms with Gasteiger partial charge in [0.2, 0.25) is 0 Å². The van der Waals surface area contributed by atoms with Crippen molar-refractivity contribution >= 4 is 12.6 Å². The summed E-state index contributed by atoms with van der Waals surface area (Å²) in [6.07, 6.45) is 5.77. The van der Waals surface area contributed by atoms with E-state index >= 15 is 0 Å². The molecule has 0 amide bonds. The fourth-order valence-corrected chi connectivity index (χ4v) is 3.58. The number of hydrogen-bond acceptors (Lipinski definition) is 2. The minimum Gasteiger partial charge on any atom is -0.300 e. The van der Waals surface area contributed by atoms with Crippen molar-refractivity contribution in [3.8, 4) is 0 Å². The van der Waals surface area contributed by atoms with Crippen molar-refractivity contribution in [3.63, 3.8) is 0 Å². The first kappa shape index (κ1) is 10.8. The first-order valence-electron chi connectivity index (χ1n) is 6.00. The third-order valence-electron chi connectivity index (χ3n) is 4.26. The van der Waals surface area contributed by atoms with E-state index in [2.05, 4.69) is 31.4 Å². The Morgan fingerprint density at radius 3 is 2.71 bits per heavy atom. The molecule has 1 heterocycles. The normalized spacial score (nSPS) is 39.0. The molecule has 1 saturated carbocycles. The van der Waals surface area contributed by atoms with Gasteiger partial charge in [0.05, 0.1) is 0 Å². The van der Waals surface area contributed by atoms with Gasteiger partial charge < -0.3 is 4.90 Å². The standard InChI is InChI=1S/C12H23NS/c1-10(2)13-6-5-12(9-13)4-3-11(7-12)8-14/h10-11,14H,3-9H2,1-2H3. The second-order valence-electron chi connectivity index (χ2n) is 5.61. The van der Waals surface area contributed by atoms with Crippen molar-refractivity contribution in [3.05, 3.63) is 0 Å². The maximum atomic E-state index is 4.44.